The van der Waals surface area contributed by atoms with Crippen molar-refractivity contribution in [3.8, 4) is 16.9 Å². The van der Waals surface area contributed by atoms with Gasteiger partial charge in [0.05, 0.1) is 17.8 Å². The molecule has 0 spiro atoms. The number of benzene rings is 2. The van der Waals surface area contributed by atoms with Crippen LogP contribution in [0.4, 0.5) is 10.1 Å². The molecule has 2 aliphatic heterocycles. The van der Waals surface area contributed by atoms with Crippen LogP contribution in [0.5, 0.6) is 5.75 Å². The van der Waals surface area contributed by atoms with Crippen molar-refractivity contribution < 1.29 is 18.7 Å². The highest BCUT2D eigenvalue weighted by atomic mass is 19.1. The van der Waals surface area contributed by atoms with Gasteiger partial charge in [0, 0.05) is 43.8 Å². The normalized spacial score (nSPS) is 16.1. The molecule has 1 saturated heterocycles. The summed E-state index contributed by atoms with van der Waals surface area (Å²) >= 11 is 0. The lowest BCUT2D eigenvalue weighted by molar-refractivity contribution is 0.0694. The number of carbonyl (C=O) groups excluding carboxylic acids is 1. The summed E-state index contributed by atoms with van der Waals surface area (Å²) in [5, 5.41) is 3.12. The summed E-state index contributed by atoms with van der Waals surface area (Å²) in [5.41, 5.74) is 3.35. The molecule has 170 valence electrons. The molecular weight excluding hydrogens is 421 g/mol. The molecule has 2 aliphatic rings. The van der Waals surface area contributed by atoms with E-state index in [-0.39, 0.29) is 17.8 Å². The fourth-order valence-corrected chi connectivity index (χ4v) is 4.38. The summed E-state index contributed by atoms with van der Waals surface area (Å²) in [4.78, 5) is 19.7. The van der Waals surface area contributed by atoms with E-state index in [2.05, 4.69) is 15.2 Å². The summed E-state index contributed by atoms with van der Waals surface area (Å²) in [6, 6.07) is 14.2. The van der Waals surface area contributed by atoms with Crippen molar-refractivity contribution in [2.24, 2.45) is 0 Å². The monoisotopic (exact) mass is 447 g/mol. The van der Waals surface area contributed by atoms with Crippen molar-refractivity contribution in [3.05, 3.63) is 77.9 Å². The molecule has 3 heterocycles. The molecule has 0 unspecified atom stereocenters. The van der Waals surface area contributed by atoms with Crippen LogP contribution in [0.1, 0.15) is 28.8 Å². The number of carbonyl (C=O) groups is 1. The van der Waals surface area contributed by atoms with Gasteiger partial charge in [-0.25, -0.2) is 4.39 Å². The van der Waals surface area contributed by atoms with Crippen molar-refractivity contribution >= 4 is 11.6 Å². The van der Waals surface area contributed by atoms with Crippen LogP contribution < -0.4 is 15.0 Å². The molecule has 0 aliphatic carbocycles. The zero-order chi connectivity index (χ0) is 22.6. The fraction of sp³-hybridized carbons (Fsp3) is 0.308. The first-order valence-electron chi connectivity index (χ1n) is 11.3. The maximum absolute atomic E-state index is 14.7. The molecular formula is C26H26FN3O3. The van der Waals surface area contributed by atoms with Crippen LogP contribution in [0.25, 0.3) is 11.1 Å². The van der Waals surface area contributed by atoms with Gasteiger partial charge in [-0.15, -0.1) is 0 Å². The molecule has 6 nitrogen and oxygen atoms in total. The average Bonchev–Trinajstić information content (AvgIpc) is 2.85. The van der Waals surface area contributed by atoms with Crippen LogP contribution in [-0.4, -0.2) is 43.3 Å². The Morgan fingerprint density at radius 2 is 1.97 bits per heavy atom. The third kappa shape index (κ3) is 4.68. The number of anilines is 1. The molecule has 3 aromatic rings. The molecule has 33 heavy (non-hydrogen) atoms. The minimum Gasteiger partial charge on any atom is -0.489 e. The molecule has 7 heteroatoms. The molecule has 2 aromatic carbocycles. The van der Waals surface area contributed by atoms with Crippen molar-refractivity contribution in [1.29, 1.82) is 0 Å². The molecule has 1 aromatic heterocycles. The Balaban J connectivity index is 1.56. The summed E-state index contributed by atoms with van der Waals surface area (Å²) < 4.78 is 26.1. The Morgan fingerprint density at radius 1 is 1.12 bits per heavy atom. The van der Waals surface area contributed by atoms with E-state index in [4.69, 9.17) is 9.47 Å². The number of rotatable bonds is 5. The quantitative estimate of drug-likeness (QED) is 0.635. The largest absolute Gasteiger partial charge is 0.489 e. The van der Waals surface area contributed by atoms with E-state index in [0.717, 1.165) is 24.1 Å². The minimum absolute atomic E-state index is 0.0501. The first-order chi connectivity index (χ1) is 16.2. The third-order valence-electron chi connectivity index (χ3n) is 6.10. The number of halogens is 1. The van der Waals surface area contributed by atoms with Crippen molar-refractivity contribution in [1.82, 2.24) is 10.3 Å². The van der Waals surface area contributed by atoms with Crippen LogP contribution in [-0.2, 0) is 11.3 Å². The van der Waals surface area contributed by atoms with E-state index in [9.17, 15) is 9.18 Å². The molecule has 0 atom stereocenters. The minimum atomic E-state index is -0.330. The lowest BCUT2D eigenvalue weighted by Crippen LogP contribution is -2.40. The number of amides is 1. The Labute approximate surface area is 192 Å². The second-order valence-corrected chi connectivity index (χ2v) is 8.34. The van der Waals surface area contributed by atoms with Gasteiger partial charge in [-0.05, 0) is 48.2 Å². The van der Waals surface area contributed by atoms with Crippen LogP contribution in [0.15, 0.2) is 60.9 Å². The Morgan fingerprint density at radius 3 is 2.76 bits per heavy atom. The van der Waals surface area contributed by atoms with E-state index in [0.29, 0.717) is 55.4 Å². The molecule has 1 N–H and O–H groups in total. The molecule has 1 amide bonds. The van der Waals surface area contributed by atoms with Gasteiger partial charge in [0.25, 0.3) is 5.91 Å². The SMILES string of the molecule is O=C(NC1CCOCC1)c1cc(-c2ccccc2F)cc2c1OCCN2Cc1cccnc1. The van der Waals surface area contributed by atoms with E-state index in [1.54, 1.807) is 30.5 Å². The van der Waals surface area contributed by atoms with Gasteiger partial charge >= 0.3 is 0 Å². The van der Waals surface area contributed by atoms with Gasteiger partial charge in [0.2, 0.25) is 0 Å². The number of pyridine rings is 1. The van der Waals surface area contributed by atoms with Crippen LogP contribution in [0.3, 0.4) is 0 Å². The second kappa shape index (κ2) is 9.58. The van der Waals surface area contributed by atoms with Crippen LogP contribution >= 0.6 is 0 Å². The molecule has 0 saturated carbocycles. The zero-order valence-corrected chi connectivity index (χ0v) is 18.3. The van der Waals surface area contributed by atoms with Gasteiger partial charge < -0.3 is 19.7 Å². The number of hydrogen-bond acceptors (Lipinski definition) is 5. The summed E-state index contributed by atoms with van der Waals surface area (Å²) in [7, 11) is 0. The number of hydrogen-bond donors (Lipinski definition) is 1. The fourth-order valence-electron chi connectivity index (χ4n) is 4.38. The van der Waals surface area contributed by atoms with E-state index < -0.39 is 0 Å². The van der Waals surface area contributed by atoms with E-state index in [1.165, 1.54) is 6.07 Å². The van der Waals surface area contributed by atoms with Gasteiger partial charge in [-0.3, -0.25) is 9.78 Å². The highest BCUT2D eigenvalue weighted by molar-refractivity contribution is 6.01. The highest BCUT2D eigenvalue weighted by Gasteiger charge is 2.28. The third-order valence-corrected chi connectivity index (χ3v) is 6.10. The van der Waals surface area contributed by atoms with E-state index >= 15 is 0 Å². The van der Waals surface area contributed by atoms with Crippen molar-refractivity contribution in [3.63, 3.8) is 0 Å². The maximum Gasteiger partial charge on any atom is 0.255 e. The topological polar surface area (TPSA) is 63.7 Å². The standard InChI is InChI=1S/C26H26FN3O3/c27-23-6-2-1-5-21(23)19-14-22(26(31)29-20-7-11-32-12-8-20)25-24(15-19)30(10-13-33-25)17-18-4-3-9-28-16-18/h1-6,9,14-16,20H,7-8,10-13,17H2,(H,29,31). The van der Waals surface area contributed by atoms with Gasteiger partial charge in [0.15, 0.2) is 5.75 Å². The highest BCUT2D eigenvalue weighted by Crippen LogP contribution is 2.40. The predicted octanol–water partition coefficient (Wildman–Crippen LogP) is 4.20. The van der Waals surface area contributed by atoms with Gasteiger partial charge in [-0.1, -0.05) is 24.3 Å². The molecule has 0 bridgehead atoms. The van der Waals surface area contributed by atoms with Crippen LogP contribution in [0.2, 0.25) is 0 Å². The first-order valence-corrected chi connectivity index (χ1v) is 11.3. The van der Waals surface area contributed by atoms with Gasteiger partial charge in [-0.2, -0.15) is 0 Å². The Kier molecular flexibility index (Phi) is 6.21. The Bertz CT molecular complexity index is 1130. The first kappa shape index (κ1) is 21.4. The number of ether oxygens (including phenoxy) is 2. The van der Waals surface area contributed by atoms with Crippen molar-refractivity contribution in [2.75, 3.05) is 31.3 Å². The number of fused-ring (bicyclic) bond motifs is 1. The second-order valence-electron chi connectivity index (χ2n) is 8.34. The number of nitrogens with zero attached hydrogens (tertiary/aromatic N) is 2. The maximum atomic E-state index is 14.7. The lowest BCUT2D eigenvalue weighted by Gasteiger charge is -2.33. The molecule has 1 fully saturated rings. The van der Waals surface area contributed by atoms with E-state index in [1.807, 2.05) is 24.4 Å². The summed E-state index contributed by atoms with van der Waals surface area (Å²) in [6.07, 6.45) is 5.12. The lowest BCUT2D eigenvalue weighted by atomic mass is 9.98. The average molecular weight is 448 g/mol. The molecule has 0 radical (unpaired) electrons. The molecule has 5 rings (SSSR count). The Hall–Kier alpha value is -3.45. The van der Waals surface area contributed by atoms with Crippen molar-refractivity contribution in [2.45, 2.75) is 25.4 Å². The summed E-state index contributed by atoms with van der Waals surface area (Å²) in [6.45, 7) is 3.00. The van der Waals surface area contributed by atoms with Crippen LogP contribution in [0, 0.1) is 5.82 Å². The smallest absolute Gasteiger partial charge is 0.255 e. The zero-order valence-electron chi connectivity index (χ0n) is 18.3. The van der Waals surface area contributed by atoms with Gasteiger partial charge in [0.1, 0.15) is 12.4 Å². The number of nitrogens with one attached hydrogen (secondary N) is 1. The number of aromatic nitrogens is 1. The summed E-state index contributed by atoms with van der Waals surface area (Å²) in [5.74, 6) is -0.00173. The predicted molar refractivity (Wildman–Crippen MR) is 124 cm³/mol.